The van der Waals surface area contributed by atoms with Crippen molar-refractivity contribution in [3.63, 3.8) is 0 Å². The summed E-state index contributed by atoms with van der Waals surface area (Å²) in [4.78, 5) is 28.5. The van der Waals surface area contributed by atoms with Crippen molar-refractivity contribution in [1.82, 2.24) is 4.90 Å². The molecule has 114 valence electrons. The van der Waals surface area contributed by atoms with Gasteiger partial charge in [-0.15, -0.1) is 0 Å². The van der Waals surface area contributed by atoms with Crippen molar-refractivity contribution in [1.29, 1.82) is 0 Å². The number of carbonyl (C=O) groups is 2. The van der Waals surface area contributed by atoms with Crippen LogP contribution in [0.25, 0.3) is 0 Å². The fraction of sp³-hybridized carbons (Fsp3) is 0.500. The van der Waals surface area contributed by atoms with Crippen molar-refractivity contribution in [3.05, 3.63) is 28.7 Å². The average Bonchev–Trinajstić information content (AvgIpc) is 2.40. The molecule has 1 aromatic carbocycles. The quantitative estimate of drug-likeness (QED) is 0.779. The summed E-state index contributed by atoms with van der Waals surface area (Å²) in [5.74, 6) is -0.00538. The lowest BCUT2D eigenvalue weighted by atomic mass is 9.93. The Kier molecular flexibility index (Phi) is 4.42. The molecular formula is C16H21BrN2O2. The number of rotatable bonds is 1. The van der Waals surface area contributed by atoms with Crippen LogP contribution in [0, 0.1) is 5.41 Å². The SMILES string of the molecule is C[C@@H]1C(=O)N(c2cccc(Br)c2)CCN1C(=O)C(C)(C)C. The summed E-state index contributed by atoms with van der Waals surface area (Å²) in [6, 6.07) is 7.24. The molecule has 5 heteroatoms. The lowest BCUT2D eigenvalue weighted by molar-refractivity contribution is -0.147. The van der Waals surface area contributed by atoms with Crippen LogP contribution in [0.3, 0.4) is 0 Å². The summed E-state index contributed by atoms with van der Waals surface area (Å²) in [5, 5.41) is 0. The molecule has 1 aromatic rings. The van der Waals surface area contributed by atoms with Gasteiger partial charge >= 0.3 is 0 Å². The predicted molar refractivity (Wildman–Crippen MR) is 87.1 cm³/mol. The highest BCUT2D eigenvalue weighted by atomic mass is 79.9. The average molecular weight is 353 g/mol. The summed E-state index contributed by atoms with van der Waals surface area (Å²) < 4.78 is 0.939. The van der Waals surface area contributed by atoms with E-state index in [9.17, 15) is 9.59 Å². The molecule has 0 saturated carbocycles. The lowest BCUT2D eigenvalue weighted by Crippen LogP contribution is -2.59. The van der Waals surface area contributed by atoms with Gasteiger partial charge in [-0.05, 0) is 25.1 Å². The maximum atomic E-state index is 12.6. The van der Waals surface area contributed by atoms with Crippen molar-refractivity contribution in [2.75, 3.05) is 18.0 Å². The van der Waals surface area contributed by atoms with Crippen LogP contribution in [0.1, 0.15) is 27.7 Å². The van der Waals surface area contributed by atoms with Crippen LogP contribution in [0.4, 0.5) is 5.69 Å². The van der Waals surface area contributed by atoms with Gasteiger partial charge in [0, 0.05) is 28.7 Å². The second-order valence-electron chi connectivity index (χ2n) is 6.39. The van der Waals surface area contributed by atoms with Crippen molar-refractivity contribution < 1.29 is 9.59 Å². The van der Waals surface area contributed by atoms with Crippen LogP contribution in [-0.2, 0) is 9.59 Å². The third-order valence-electron chi connectivity index (χ3n) is 3.68. The van der Waals surface area contributed by atoms with E-state index in [1.807, 2.05) is 45.0 Å². The maximum absolute atomic E-state index is 12.6. The largest absolute Gasteiger partial charge is 0.329 e. The van der Waals surface area contributed by atoms with E-state index >= 15 is 0 Å². The number of nitrogens with zero attached hydrogens (tertiary/aromatic N) is 2. The van der Waals surface area contributed by atoms with E-state index < -0.39 is 11.5 Å². The van der Waals surface area contributed by atoms with E-state index in [1.165, 1.54) is 0 Å². The number of benzene rings is 1. The first-order valence-corrected chi connectivity index (χ1v) is 7.89. The van der Waals surface area contributed by atoms with E-state index in [2.05, 4.69) is 15.9 Å². The van der Waals surface area contributed by atoms with Gasteiger partial charge in [-0.2, -0.15) is 0 Å². The summed E-state index contributed by atoms with van der Waals surface area (Å²) in [7, 11) is 0. The number of anilines is 1. The Bertz CT molecular complexity index is 566. The minimum absolute atomic E-state index is 0.0252. The third-order valence-corrected chi connectivity index (χ3v) is 4.17. The highest BCUT2D eigenvalue weighted by Crippen LogP contribution is 2.26. The maximum Gasteiger partial charge on any atom is 0.249 e. The van der Waals surface area contributed by atoms with Crippen LogP contribution in [0.15, 0.2) is 28.7 Å². The van der Waals surface area contributed by atoms with Gasteiger partial charge in [0.05, 0.1) is 0 Å². The van der Waals surface area contributed by atoms with Gasteiger partial charge in [-0.3, -0.25) is 9.59 Å². The van der Waals surface area contributed by atoms with Crippen LogP contribution in [0.2, 0.25) is 0 Å². The van der Waals surface area contributed by atoms with Gasteiger partial charge in [0.1, 0.15) is 6.04 Å². The zero-order valence-electron chi connectivity index (χ0n) is 12.9. The minimum Gasteiger partial charge on any atom is -0.329 e. The third kappa shape index (κ3) is 3.28. The number of piperazine rings is 1. The molecule has 4 nitrogen and oxygen atoms in total. The Morgan fingerprint density at radius 2 is 1.95 bits per heavy atom. The molecule has 2 rings (SSSR count). The summed E-state index contributed by atoms with van der Waals surface area (Å²) in [6.45, 7) is 8.54. The van der Waals surface area contributed by atoms with Crippen molar-refractivity contribution in [3.8, 4) is 0 Å². The Morgan fingerprint density at radius 1 is 1.29 bits per heavy atom. The predicted octanol–water partition coefficient (Wildman–Crippen LogP) is 3.06. The molecule has 1 fully saturated rings. The van der Waals surface area contributed by atoms with E-state index in [4.69, 9.17) is 0 Å². The van der Waals surface area contributed by atoms with Crippen molar-refractivity contribution in [2.24, 2.45) is 5.41 Å². The molecular weight excluding hydrogens is 332 g/mol. The Hall–Kier alpha value is -1.36. The van der Waals surface area contributed by atoms with Crippen molar-refractivity contribution >= 4 is 33.4 Å². The molecule has 21 heavy (non-hydrogen) atoms. The highest BCUT2D eigenvalue weighted by molar-refractivity contribution is 9.10. The van der Waals surface area contributed by atoms with Crippen molar-refractivity contribution in [2.45, 2.75) is 33.7 Å². The molecule has 1 aliphatic rings. The first-order chi connectivity index (χ1) is 9.71. The molecule has 1 heterocycles. The molecule has 0 spiro atoms. The lowest BCUT2D eigenvalue weighted by Gasteiger charge is -2.41. The van der Waals surface area contributed by atoms with Crippen LogP contribution < -0.4 is 4.90 Å². The van der Waals surface area contributed by atoms with Gasteiger partial charge in [-0.25, -0.2) is 0 Å². The number of carbonyl (C=O) groups excluding carboxylic acids is 2. The fourth-order valence-corrected chi connectivity index (χ4v) is 2.87. The molecule has 0 N–H and O–H groups in total. The number of hydrogen-bond acceptors (Lipinski definition) is 2. The van der Waals surface area contributed by atoms with Gasteiger partial charge in [-0.1, -0.05) is 42.8 Å². The molecule has 1 aliphatic heterocycles. The van der Waals surface area contributed by atoms with Gasteiger partial charge in [0.2, 0.25) is 11.8 Å². The fourth-order valence-electron chi connectivity index (χ4n) is 2.48. The molecule has 2 amide bonds. The van der Waals surface area contributed by atoms with E-state index in [-0.39, 0.29) is 11.8 Å². The number of hydrogen-bond donors (Lipinski definition) is 0. The van der Waals surface area contributed by atoms with E-state index in [1.54, 1.807) is 16.7 Å². The monoisotopic (exact) mass is 352 g/mol. The first-order valence-electron chi connectivity index (χ1n) is 7.10. The zero-order valence-corrected chi connectivity index (χ0v) is 14.5. The van der Waals surface area contributed by atoms with Crippen LogP contribution >= 0.6 is 15.9 Å². The number of halogens is 1. The molecule has 1 atom stereocenters. The topological polar surface area (TPSA) is 40.6 Å². The standard InChI is InChI=1S/C16H21BrN2O2/c1-11-14(20)19(13-7-5-6-12(17)10-13)9-8-18(11)15(21)16(2,3)4/h5-7,10-11H,8-9H2,1-4H3/t11-/m1/s1. The normalized spacial score (nSPS) is 19.9. The second kappa shape index (κ2) is 5.79. The highest BCUT2D eigenvalue weighted by Gasteiger charge is 2.38. The van der Waals surface area contributed by atoms with Gasteiger partial charge in [0.25, 0.3) is 0 Å². The summed E-state index contributed by atoms with van der Waals surface area (Å²) in [6.07, 6.45) is 0. The molecule has 0 radical (unpaired) electrons. The molecule has 1 saturated heterocycles. The van der Waals surface area contributed by atoms with Gasteiger partial charge < -0.3 is 9.80 Å². The number of amides is 2. The zero-order chi connectivity index (χ0) is 15.8. The Labute approximate surface area is 134 Å². The molecule has 0 aromatic heterocycles. The van der Waals surface area contributed by atoms with Crippen LogP contribution in [0.5, 0.6) is 0 Å². The van der Waals surface area contributed by atoms with E-state index in [0.717, 1.165) is 10.2 Å². The Balaban J connectivity index is 2.21. The minimum atomic E-state index is -0.466. The summed E-state index contributed by atoms with van der Waals surface area (Å²) >= 11 is 3.42. The molecule has 0 unspecified atom stereocenters. The smallest absolute Gasteiger partial charge is 0.249 e. The Morgan fingerprint density at radius 3 is 2.52 bits per heavy atom. The summed E-state index contributed by atoms with van der Waals surface area (Å²) in [5.41, 5.74) is 0.399. The van der Waals surface area contributed by atoms with Gasteiger partial charge in [0.15, 0.2) is 0 Å². The first kappa shape index (κ1) is 16.0. The molecule has 0 aliphatic carbocycles. The molecule has 0 bridgehead atoms. The second-order valence-corrected chi connectivity index (χ2v) is 7.31. The van der Waals surface area contributed by atoms with Crippen LogP contribution in [-0.4, -0.2) is 35.8 Å². The van der Waals surface area contributed by atoms with E-state index in [0.29, 0.717) is 13.1 Å².